The summed E-state index contributed by atoms with van der Waals surface area (Å²) in [5, 5.41) is 18.0. The maximum atomic E-state index is 13.2. The summed E-state index contributed by atoms with van der Waals surface area (Å²) in [5.74, 6) is -2.89. The van der Waals surface area contributed by atoms with E-state index in [-0.39, 0.29) is 44.0 Å². The van der Waals surface area contributed by atoms with E-state index >= 15 is 0 Å². The number of hydrogen-bond acceptors (Lipinski definition) is 6. The first-order chi connectivity index (χ1) is 22.3. The largest absolute Gasteiger partial charge is 0.356 e. The Morgan fingerprint density at radius 1 is 0.674 bits per heavy atom. The van der Waals surface area contributed by atoms with E-state index in [1.165, 1.54) is 0 Å². The SMILES string of the molecule is O=C1CC[C@H](NC(=O)Cc2ccc3ccccc3c2)C(=O)NCC(=O)N[C@H](Cc2ccccc2)C(=O)NCC(=O)NCCCCN1. The third-order valence-corrected chi connectivity index (χ3v) is 7.52. The molecular weight excluding hydrogens is 588 g/mol. The lowest BCUT2D eigenvalue weighted by molar-refractivity contribution is -0.132. The summed E-state index contributed by atoms with van der Waals surface area (Å²) >= 11 is 0. The van der Waals surface area contributed by atoms with Gasteiger partial charge in [0.25, 0.3) is 0 Å². The molecule has 0 saturated carbocycles. The molecule has 1 fully saturated rings. The van der Waals surface area contributed by atoms with Crippen LogP contribution in [-0.4, -0.2) is 73.7 Å². The van der Waals surface area contributed by atoms with Crippen LogP contribution in [0.4, 0.5) is 0 Å². The Morgan fingerprint density at radius 3 is 2.09 bits per heavy atom. The minimum Gasteiger partial charge on any atom is -0.356 e. The van der Waals surface area contributed by atoms with E-state index in [2.05, 4.69) is 31.9 Å². The van der Waals surface area contributed by atoms with Gasteiger partial charge in [-0.1, -0.05) is 72.8 Å². The van der Waals surface area contributed by atoms with Crippen molar-refractivity contribution in [3.63, 3.8) is 0 Å². The fourth-order valence-electron chi connectivity index (χ4n) is 5.07. The molecule has 3 aromatic rings. The van der Waals surface area contributed by atoms with E-state index in [1.807, 2.05) is 72.8 Å². The smallest absolute Gasteiger partial charge is 0.243 e. The molecule has 0 aliphatic carbocycles. The van der Waals surface area contributed by atoms with Crippen molar-refractivity contribution < 1.29 is 28.8 Å². The Morgan fingerprint density at radius 2 is 1.33 bits per heavy atom. The maximum Gasteiger partial charge on any atom is 0.243 e. The molecule has 0 aromatic heterocycles. The number of amides is 6. The van der Waals surface area contributed by atoms with Crippen LogP contribution in [0.15, 0.2) is 72.8 Å². The topological polar surface area (TPSA) is 175 Å². The summed E-state index contributed by atoms with van der Waals surface area (Å²) < 4.78 is 0. The maximum absolute atomic E-state index is 13.2. The van der Waals surface area contributed by atoms with Crippen molar-refractivity contribution in [2.24, 2.45) is 0 Å². The van der Waals surface area contributed by atoms with E-state index in [9.17, 15) is 28.8 Å². The van der Waals surface area contributed by atoms with E-state index in [1.54, 1.807) is 0 Å². The number of fused-ring (bicyclic) bond motifs is 1. The van der Waals surface area contributed by atoms with Gasteiger partial charge in [-0.05, 0) is 41.2 Å². The van der Waals surface area contributed by atoms with Gasteiger partial charge in [0, 0.05) is 25.9 Å². The van der Waals surface area contributed by atoms with Gasteiger partial charge >= 0.3 is 0 Å². The third kappa shape index (κ3) is 11.0. The summed E-state index contributed by atoms with van der Waals surface area (Å²) in [6.45, 7) is -0.00657. The van der Waals surface area contributed by atoms with Crippen molar-refractivity contribution in [2.75, 3.05) is 26.2 Å². The van der Waals surface area contributed by atoms with Crippen LogP contribution in [0, 0.1) is 0 Å². The summed E-state index contributed by atoms with van der Waals surface area (Å²) in [6, 6.07) is 20.4. The second-order valence-electron chi connectivity index (χ2n) is 11.2. The molecule has 1 aliphatic heterocycles. The van der Waals surface area contributed by atoms with Gasteiger partial charge < -0.3 is 31.9 Å². The van der Waals surface area contributed by atoms with Crippen molar-refractivity contribution in [1.29, 1.82) is 0 Å². The van der Waals surface area contributed by atoms with Crippen LogP contribution < -0.4 is 31.9 Å². The first-order valence-corrected chi connectivity index (χ1v) is 15.5. The quantitative estimate of drug-likeness (QED) is 0.242. The highest BCUT2D eigenvalue weighted by molar-refractivity contribution is 5.94. The van der Waals surface area contributed by atoms with E-state index in [4.69, 9.17) is 0 Å². The molecule has 2 atom stereocenters. The lowest BCUT2D eigenvalue weighted by Crippen LogP contribution is -2.53. The Hall–Kier alpha value is -5.26. The monoisotopic (exact) mass is 628 g/mol. The molecule has 1 aliphatic rings. The van der Waals surface area contributed by atoms with Crippen LogP contribution in [0.2, 0.25) is 0 Å². The lowest BCUT2D eigenvalue weighted by atomic mass is 10.0. The minimum atomic E-state index is -1.07. The fraction of sp³-hybridized carbons (Fsp3) is 0.353. The fourth-order valence-corrected chi connectivity index (χ4v) is 5.07. The predicted molar refractivity (Wildman–Crippen MR) is 172 cm³/mol. The van der Waals surface area contributed by atoms with Crippen LogP contribution in [0.1, 0.15) is 36.8 Å². The molecule has 0 unspecified atom stereocenters. The van der Waals surface area contributed by atoms with Gasteiger partial charge in [0.05, 0.1) is 19.5 Å². The van der Waals surface area contributed by atoms with E-state index in [0.29, 0.717) is 25.9 Å². The van der Waals surface area contributed by atoms with Crippen molar-refractivity contribution in [1.82, 2.24) is 31.9 Å². The van der Waals surface area contributed by atoms with E-state index in [0.717, 1.165) is 21.9 Å². The zero-order valence-electron chi connectivity index (χ0n) is 25.6. The van der Waals surface area contributed by atoms with Crippen LogP contribution in [0.5, 0.6) is 0 Å². The van der Waals surface area contributed by atoms with Gasteiger partial charge in [-0.25, -0.2) is 0 Å². The molecule has 0 bridgehead atoms. The minimum absolute atomic E-state index is 0.0117. The van der Waals surface area contributed by atoms with Crippen molar-refractivity contribution in [3.05, 3.63) is 83.9 Å². The van der Waals surface area contributed by atoms with Crippen molar-refractivity contribution in [3.8, 4) is 0 Å². The number of hydrogen-bond donors (Lipinski definition) is 6. The molecule has 0 radical (unpaired) electrons. The Balaban J connectivity index is 1.43. The van der Waals surface area contributed by atoms with Gasteiger partial charge in [-0.15, -0.1) is 0 Å². The molecule has 242 valence electrons. The Labute approximate surface area is 267 Å². The first-order valence-electron chi connectivity index (χ1n) is 15.5. The number of nitrogens with one attached hydrogen (secondary N) is 6. The molecule has 6 N–H and O–H groups in total. The van der Waals surface area contributed by atoms with Gasteiger partial charge in [0.15, 0.2) is 0 Å². The molecule has 4 rings (SSSR count). The molecule has 1 saturated heterocycles. The van der Waals surface area contributed by atoms with Crippen LogP contribution >= 0.6 is 0 Å². The van der Waals surface area contributed by atoms with Gasteiger partial charge in [0.2, 0.25) is 35.4 Å². The highest BCUT2D eigenvalue weighted by atomic mass is 16.2. The van der Waals surface area contributed by atoms with Gasteiger partial charge in [0.1, 0.15) is 12.1 Å². The van der Waals surface area contributed by atoms with Gasteiger partial charge in [-0.3, -0.25) is 28.8 Å². The summed E-state index contributed by atoms with van der Waals surface area (Å²) in [4.78, 5) is 76.9. The zero-order chi connectivity index (χ0) is 32.7. The average Bonchev–Trinajstić information content (AvgIpc) is 3.05. The van der Waals surface area contributed by atoms with Crippen LogP contribution in [0.25, 0.3) is 10.8 Å². The predicted octanol–water partition coefficient (Wildman–Crippen LogP) is 0.633. The summed E-state index contributed by atoms with van der Waals surface area (Å²) in [6.07, 6.45) is 1.37. The molecule has 6 amide bonds. The highest BCUT2D eigenvalue weighted by Gasteiger charge is 2.25. The number of benzene rings is 3. The van der Waals surface area contributed by atoms with Crippen LogP contribution in [-0.2, 0) is 41.6 Å². The summed E-state index contributed by atoms with van der Waals surface area (Å²) in [7, 11) is 0. The number of carbonyl (C=O) groups excluding carboxylic acids is 6. The molecule has 3 aromatic carbocycles. The van der Waals surface area contributed by atoms with Gasteiger partial charge in [-0.2, -0.15) is 0 Å². The normalized spacial score (nSPS) is 19.5. The molecule has 12 heteroatoms. The third-order valence-electron chi connectivity index (χ3n) is 7.52. The Bertz CT molecular complexity index is 1550. The molecule has 1 heterocycles. The first kappa shape index (κ1) is 33.6. The summed E-state index contributed by atoms with van der Waals surface area (Å²) in [5.41, 5.74) is 1.55. The lowest BCUT2D eigenvalue weighted by Gasteiger charge is -2.21. The van der Waals surface area contributed by atoms with Crippen LogP contribution in [0.3, 0.4) is 0 Å². The second-order valence-corrected chi connectivity index (χ2v) is 11.2. The number of rotatable bonds is 5. The average molecular weight is 629 g/mol. The molecule has 46 heavy (non-hydrogen) atoms. The molecule has 0 spiro atoms. The molecule has 12 nitrogen and oxygen atoms in total. The number of carbonyl (C=O) groups is 6. The Kier molecular flexibility index (Phi) is 12.6. The van der Waals surface area contributed by atoms with Crippen molar-refractivity contribution >= 4 is 46.2 Å². The molecular formula is C34H40N6O6. The second kappa shape index (κ2) is 17.3. The highest BCUT2D eigenvalue weighted by Crippen LogP contribution is 2.16. The standard InChI is InChI=1S/C34H40N6O6/c41-29-15-14-27(39-30(42)20-24-12-13-25-10-4-5-11-26(25)18-24)33(45)38-22-32(44)40-28(19-23-8-2-1-3-9-23)34(46)37-21-31(43)36-17-7-6-16-35-29/h1-5,8-13,18,27-28H,6-7,14-17,19-22H2,(H,35,41)(H,36,43)(H,37,46)(H,38,45)(H,39,42)(H,40,44)/t27-,28+/m0/s1. The van der Waals surface area contributed by atoms with Crippen molar-refractivity contribution in [2.45, 2.75) is 50.6 Å². The zero-order valence-corrected chi connectivity index (χ0v) is 25.6. The van der Waals surface area contributed by atoms with E-state index < -0.39 is 42.3 Å².